The van der Waals surface area contributed by atoms with Crippen molar-refractivity contribution < 1.29 is 23.8 Å². The molecule has 0 aliphatic rings. The molecule has 0 saturated heterocycles. The van der Waals surface area contributed by atoms with Crippen molar-refractivity contribution in [2.45, 2.75) is 33.6 Å². The normalized spacial score (nSPS) is 10.6. The van der Waals surface area contributed by atoms with Crippen LogP contribution in [0.15, 0.2) is 48.5 Å². The predicted molar refractivity (Wildman–Crippen MR) is 118 cm³/mol. The zero-order valence-corrected chi connectivity index (χ0v) is 17.8. The summed E-state index contributed by atoms with van der Waals surface area (Å²) in [4.78, 5) is 24.4. The lowest BCUT2D eigenvalue weighted by atomic mass is 10.1. The summed E-state index contributed by atoms with van der Waals surface area (Å²) in [6.45, 7) is 7.17. The molecule has 30 heavy (non-hydrogen) atoms. The van der Waals surface area contributed by atoms with E-state index in [0.717, 1.165) is 18.4 Å². The summed E-state index contributed by atoms with van der Waals surface area (Å²) in [5.74, 6) is 0.504. The van der Waals surface area contributed by atoms with Crippen LogP contribution in [0.25, 0.3) is 6.08 Å². The molecule has 2 rings (SSSR count). The van der Waals surface area contributed by atoms with Crippen molar-refractivity contribution in [2.75, 3.05) is 25.1 Å². The standard InChI is InChI=1S/C24H29NO5/c1-4-7-16-30-21-14-12-18(17-22(21)28-5-2)13-15-23(26)25-20-11-9-8-10-19(20)24(27)29-6-3/h8-15,17H,4-7,16H2,1-3H3,(H,25,26)/b15-13+. The summed E-state index contributed by atoms with van der Waals surface area (Å²) in [6, 6.07) is 12.3. The summed E-state index contributed by atoms with van der Waals surface area (Å²) >= 11 is 0. The molecule has 0 heterocycles. The van der Waals surface area contributed by atoms with E-state index in [1.54, 1.807) is 37.3 Å². The second kappa shape index (κ2) is 12.3. The maximum absolute atomic E-state index is 12.4. The second-order valence-electron chi connectivity index (χ2n) is 6.43. The molecule has 6 nitrogen and oxygen atoms in total. The van der Waals surface area contributed by atoms with Gasteiger partial charge in [0.2, 0.25) is 5.91 Å². The van der Waals surface area contributed by atoms with Gasteiger partial charge in [0, 0.05) is 6.08 Å². The summed E-state index contributed by atoms with van der Waals surface area (Å²) in [6.07, 6.45) is 5.12. The number of rotatable bonds is 11. The molecule has 0 atom stereocenters. The third kappa shape index (κ3) is 6.95. The molecule has 0 unspecified atom stereocenters. The molecule has 6 heteroatoms. The molecule has 0 aliphatic heterocycles. The highest BCUT2D eigenvalue weighted by molar-refractivity contribution is 6.06. The molecular weight excluding hydrogens is 382 g/mol. The third-order valence-electron chi connectivity index (χ3n) is 4.13. The number of unbranched alkanes of at least 4 members (excludes halogenated alkanes) is 1. The average molecular weight is 411 g/mol. The van der Waals surface area contributed by atoms with E-state index < -0.39 is 5.97 Å². The van der Waals surface area contributed by atoms with Crippen LogP contribution in [0.3, 0.4) is 0 Å². The minimum atomic E-state index is -0.475. The number of anilines is 1. The number of esters is 1. The van der Waals surface area contributed by atoms with Gasteiger partial charge in [0.25, 0.3) is 0 Å². The van der Waals surface area contributed by atoms with Crippen LogP contribution in [0.4, 0.5) is 5.69 Å². The number of para-hydroxylation sites is 1. The van der Waals surface area contributed by atoms with Crippen molar-refractivity contribution >= 4 is 23.6 Å². The van der Waals surface area contributed by atoms with Gasteiger partial charge in [-0.25, -0.2) is 4.79 Å². The van der Waals surface area contributed by atoms with E-state index in [0.29, 0.717) is 36.0 Å². The molecule has 0 radical (unpaired) electrons. The van der Waals surface area contributed by atoms with Crippen molar-refractivity contribution in [1.82, 2.24) is 0 Å². The number of hydrogen-bond donors (Lipinski definition) is 1. The van der Waals surface area contributed by atoms with Crippen molar-refractivity contribution in [2.24, 2.45) is 0 Å². The molecule has 0 bridgehead atoms. The van der Waals surface area contributed by atoms with Gasteiger partial charge in [0.05, 0.1) is 31.1 Å². The quantitative estimate of drug-likeness (QED) is 0.317. The van der Waals surface area contributed by atoms with Gasteiger partial charge in [-0.2, -0.15) is 0 Å². The van der Waals surface area contributed by atoms with Gasteiger partial charge in [0.1, 0.15) is 0 Å². The highest BCUT2D eigenvalue weighted by Crippen LogP contribution is 2.29. The predicted octanol–water partition coefficient (Wildman–Crippen LogP) is 5.09. The Morgan fingerprint density at radius 2 is 1.77 bits per heavy atom. The van der Waals surface area contributed by atoms with Gasteiger partial charge >= 0.3 is 5.97 Å². The molecule has 0 saturated carbocycles. The van der Waals surface area contributed by atoms with Crippen LogP contribution in [0.2, 0.25) is 0 Å². The molecule has 2 aromatic rings. The number of amides is 1. The maximum atomic E-state index is 12.4. The van der Waals surface area contributed by atoms with Crippen LogP contribution >= 0.6 is 0 Å². The van der Waals surface area contributed by atoms with Crippen molar-refractivity contribution in [3.63, 3.8) is 0 Å². The summed E-state index contributed by atoms with van der Waals surface area (Å²) < 4.78 is 16.5. The Hall–Kier alpha value is -3.28. The van der Waals surface area contributed by atoms with Crippen molar-refractivity contribution in [3.05, 3.63) is 59.7 Å². The smallest absolute Gasteiger partial charge is 0.340 e. The molecule has 0 spiro atoms. The first-order valence-corrected chi connectivity index (χ1v) is 10.2. The van der Waals surface area contributed by atoms with E-state index in [9.17, 15) is 9.59 Å². The molecule has 0 fully saturated rings. The molecule has 1 amide bonds. The lowest BCUT2D eigenvalue weighted by Crippen LogP contribution is -2.13. The topological polar surface area (TPSA) is 73.9 Å². The maximum Gasteiger partial charge on any atom is 0.340 e. The van der Waals surface area contributed by atoms with Crippen LogP contribution < -0.4 is 14.8 Å². The minimum Gasteiger partial charge on any atom is -0.490 e. The van der Waals surface area contributed by atoms with E-state index in [4.69, 9.17) is 14.2 Å². The Bertz CT molecular complexity index is 876. The fourth-order valence-electron chi connectivity index (χ4n) is 2.67. The van der Waals surface area contributed by atoms with Crippen LogP contribution in [-0.2, 0) is 9.53 Å². The molecule has 160 valence electrons. The zero-order chi connectivity index (χ0) is 21.8. The van der Waals surface area contributed by atoms with E-state index in [1.165, 1.54) is 6.08 Å². The van der Waals surface area contributed by atoms with Gasteiger partial charge in [-0.15, -0.1) is 0 Å². The zero-order valence-electron chi connectivity index (χ0n) is 17.8. The fraction of sp³-hybridized carbons (Fsp3) is 0.333. The first kappa shape index (κ1) is 23.0. The van der Waals surface area contributed by atoms with Crippen LogP contribution in [0, 0.1) is 0 Å². The highest BCUT2D eigenvalue weighted by atomic mass is 16.5. The Kier molecular flexibility index (Phi) is 9.45. The monoisotopic (exact) mass is 411 g/mol. The number of carbonyl (C=O) groups excluding carboxylic acids is 2. The first-order valence-electron chi connectivity index (χ1n) is 10.2. The van der Waals surface area contributed by atoms with Gasteiger partial charge < -0.3 is 19.5 Å². The molecule has 0 aromatic heterocycles. The molecule has 2 aromatic carbocycles. The largest absolute Gasteiger partial charge is 0.490 e. The Labute approximate surface area is 177 Å². The number of hydrogen-bond acceptors (Lipinski definition) is 5. The number of benzene rings is 2. The van der Waals surface area contributed by atoms with E-state index in [1.807, 2.05) is 25.1 Å². The Morgan fingerprint density at radius 3 is 2.50 bits per heavy atom. The molecular formula is C24H29NO5. The van der Waals surface area contributed by atoms with Crippen molar-refractivity contribution in [3.8, 4) is 11.5 Å². The van der Waals surface area contributed by atoms with E-state index >= 15 is 0 Å². The third-order valence-corrected chi connectivity index (χ3v) is 4.13. The van der Waals surface area contributed by atoms with Crippen molar-refractivity contribution in [1.29, 1.82) is 0 Å². The molecule has 1 N–H and O–H groups in total. The molecule has 0 aliphatic carbocycles. The van der Waals surface area contributed by atoms with Crippen LogP contribution in [0.1, 0.15) is 49.5 Å². The lowest BCUT2D eigenvalue weighted by Gasteiger charge is -2.12. The number of nitrogens with one attached hydrogen (secondary N) is 1. The van der Waals surface area contributed by atoms with Gasteiger partial charge in [0.15, 0.2) is 11.5 Å². The minimum absolute atomic E-state index is 0.265. The van der Waals surface area contributed by atoms with E-state index in [-0.39, 0.29) is 12.5 Å². The average Bonchev–Trinajstić information content (AvgIpc) is 2.74. The Morgan fingerprint density at radius 1 is 0.967 bits per heavy atom. The van der Waals surface area contributed by atoms with Crippen LogP contribution in [0.5, 0.6) is 11.5 Å². The summed E-state index contributed by atoms with van der Waals surface area (Å²) in [5, 5.41) is 2.72. The lowest BCUT2D eigenvalue weighted by molar-refractivity contribution is -0.111. The summed E-state index contributed by atoms with van der Waals surface area (Å²) in [7, 11) is 0. The van der Waals surface area contributed by atoms with Gasteiger partial charge in [-0.05, 0) is 56.2 Å². The van der Waals surface area contributed by atoms with Gasteiger partial charge in [-0.3, -0.25) is 4.79 Å². The Balaban J connectivity index is 2.09. The second-order valence-corrected chi connectivity index (χ2v) is 6.43. The van der Waals surface area contributed by atoms with Crippen LogP contribution in [-0.4, -0.2) is 31.7 Å². The summed E-state index contributed by atoms with van der Waals surface area (Å²) in [5.41, 5.74) is 1.52. The van der Waals surface area contributed by atoms with Gasteiger partial charge in [-0.1, -0.05) is 31.5 Å². The number of ether oxygens (including phenoxy) is 3. The van der Waals surface area contributed by atoms with E-state index in [2.05, 4.69) is 12.2 Å². The SMILES string of the molecule is CCCCOc1ccc(/C=C/C(=O)Nc2ccccc2C(=O)OCC)cc1OCC. The number of carbonyl (C=O) groups is 2. The highest BCUT2D eigenvalue weighted by Gasteiger charge is 2.13. The fourth-order valence-corrected chi connectivity index (χ4v) is 2.67. The first-order chi connectivity index (χ1) is 14.6.